The first-order chi connectivity index (χ1) is 2.27. The van der Waals surface area contributed by atoms with E-state index in [1.807, 2.05) is 22.9 Å². The van der Waals surface area contributed by atoms with Gasteiger partial charge in [0.1, 0.15) is 6.23 Å². The van der Waals surface area contributed by atoms with Crippen molar-refractivity contribution in [3.05, 3.63) is 0 Å². The molecule has 0 aliphatic rings. The molecular formula is C2H6INO. The van der Waals surface area contributed by atoms with E-state index in [2.05, 4.69) is 3.53 Å². The van der Waals surface area contributed by atoms with Crippen LogP contribution in [0.2, 0.25) is 0 Å². The molecule has 1 atom stereocenters. The highest BCUT2D eigenvalue weighted by molar-refractivity contribution is 14.1. The predicted octanol–water partition coefficient (Wildman–Crippen LogP) is 0.264. The summed E-state index contributed by atoms with van der Waals surface area (Å²) in [7, 11) is 0. The van der Waals surface area contributed by atoms with Gasteiger partial charge in [-0.1, -0.05) is 0 Å². The maximum atomic E-state index is 8.24. The van der Waals surface area contributed by atoms with Crippen LogP contribution in [0.15, 0.2) is 0 Å². The van der Waals surface area contributed by atoms with Gasteiger partial charge in [0.15, 0.2) is 0 Å². The summed E-state index contributed by atoms with van der Waals surface area (Å²) < 4.78 is 2.55. The SMILES string of the molecule is CC(O)NI. The summed E-state index contributed by atoms with van der Waals surface area (Å²) in [6, 6.07) is 0. The fourth-order valence-corrected chi connectivity index (χ4v) is 0. The summed E-state index contributed by atoms with van der Waals surface area (Å²) in [6.07, 6.45) is -0.379. The molecule has 2 N–H and O–H groups in total. The third-order valence-electron chi connectivity index (χ3n) is 0.158. The molecule has 0 saturated carbocycles. The van der Waals surface area contributed by atoms with Gasteiger partial charge in [0.2, 0.25) is 0 Å². The second-order valence-electron chi connectivity index (χ2n) is 0.785. The first kappa shape index (κ1) is 5.65. The zero-order chi connectivity index (χ0) is 4.28. The number of hydrogen-bond acceptors (Lipinski definition) is 2. The van der Waals surface area contributed by atoms with Crippen molar-refractivity contribution in [1.29, 1.82) is 0 Å². The van der Waals surface area contributed by atoms with E-state index < -0.39 is 0 Å². The number of hydrogen-bond donors (Lipinski definition) is 2. The third kappa shape index (κ3) is 4.65. The van der Waals surface area contributed by atoms with Gasteiger partial charge in [0.25, 0.3) is 0 Å². The third-order valence-corrected chi connectivity index (χ3v) is 1.06. The van der Waals surface area contributed by atoms with Crippen LogP contribution in [-0.2, 0) is 0 Å². The predicted molar refractivity (Wildman–Crippen MR) is 28.8 cm³/mol. The van der Waals surface area contributed by atoms with Crippen molar-refractivity contribution in [2.45, 2.75) is 13.2 Å². The monoisotopic (exact) mass is 187 g/mol. The summed E-state index contributed by atoms with van der Waals surface area (Å²) in [5.41, 5.74) is 0. The number of aliphatic hydroxyl groups is 1. The lowest BCUT2D eigenvalue weighted by Gasteiger charge is -1.92. The Balaban J connectivity index is 2.54. The highest BCUT2D eigenvalue weighted by atomic mass is 127. The second kappa shape index (κ2) is 2.87. The minimum absolute atomic E-state index is 0.379. The lowest BCUT2D eigenvalue weighted by Crippen LogP contribution is -2.12. The van der Waals surface area contributed by atoms with Gasteiger partial charge in [-0.3, -0.25) is 0 Å². The molecule has 0 rings (SSSR count). The minimum atomic E-state index is -0.379. The van der Waals surface area contributed by atoms with E-state index in [0.717, 1.165) is 0 Å². The van der Waals surface area contributed by atoms with Gasteiger partial charge in [-0.15, -0.1) is 0 Å². The summed E-state index contributed by atoms with van der Waals surface area (Å²) in [4.78, 5) is 0. The van der Waals surface area contributed by atoms with E-state index in [4.69, 9.17) is 5.11 Å². The largest absolute Gasteiger partial charge is 0.378 e. The Morgan fingerprint density at radius 3 is 2.20 bits per heavy atom. The Kier molecular flexibility index (Phi) is 3.24. The number of nitrogens with one attached hydrogen (secondary N) is 1. The molecule has 3 heteroatoms. The molecule has 0 spiro atoms. The van der Waals surface area contributed by atoms with E-state index in [1.165, 1.54) is 0 Å². The van der Waals surface area contributed by atoms with Crippen LogP contribution in [0.5, 0.6) is 0 Å². The first-order valence-electron chi connectivity index (χ1n) is 1.31. The van der Waals surface area contributed by atoms with E-state index in [-0.39, 0.29) is 6.23 Å². The van der Waals surface area contributed by atoms with Crippen molar-refractivity contribution in [2.75, 3.05) is 0 Å². The van der Waals surface area contributed by atoms with Gasteiger partial charge < -0.3 is 5.11 Å². The molecule has 0 amide bonds. The normalized spacial score (nSPS) is 15.0. The van der Waals surface area contributed by atoms with E-state index in [9.17, 15) is 0 Å². The zero-order valence-corrected chi connectivity index (χ0v) is 5.06. The van der Waals surface area contributed by atoms with Crippen LogP contribution in [0.4, 0.5) is 0 Å². The van der Waals surface area contributed by atoms with E-state index in [1.54, 1.807) is 6.92 Å². The van der Waals surface area contributed by atoms with Gasteiger partial charge in [-0.05, 0) is 6.92 Å². The van der Waals surface area contributed by atoms with Crippen molar-refractivity contribution < 1.29 is 5.11 Å². The molecule has 32 valence electrons. The molecule has 0 saturated heterocycles. The van der Waals surface area contributed by atoms with Crippen molar-refractivity contribution in [3.8, 4) is 0 Å². The van der Waals surface area contributed by atoms with Crippen LogP contribution in [0.1, 0.15) is 6.92 Å². The van der Waals surface area contributed by atoms with Gasteiger partial charge in [-0.2, -0.15) is 0 Å². The Bertz CT molecular complexity index is 23.6. The van der Waals surface area contributed by atoms with Crippen molar-refractivity contribution in [3.63, 3.8) is 0 Å². The van der Waals surface area contributed by atoms with Crippen LogP contribution < -0.4 is 3.53 Å². The summed E-state index contributed by atoms with van der Waals surface area (Å²) >= 11 is 1.88. The standard InChI is InChI=1S/C2H6INO/c1-2(5)4-3/h2,4-5H,1H3. The lowest BCUT2D eigenvalue weighted by molar-refractivity contribution is 0.193. The Hall–Kier alpha value is 0.650. The maximum Gasteiger partial charge on any atom is 0.110 e. The molecule has 1 unspecified atom stereocenters. The van der Waals surface area contributed by atoms with Gasteiger partial charge in [-0.25, -0.2) is 3.53 Å². The van der Waals surface area contributed by atoms with Crippen molar-refractivity contribution in [1.82, 2.24) is 3.53 Å². The van der Waals surface area contributed by atoms with Crippen molar-refractivity contribution >= 4 is 22.9 Å². The van der Waals surface area contributed by atoms with Gasteiger partial charge in [0.05, 0.1) is 0 Å². The van der Waals surface area contributed by atoms with E-state index >= 15 is 0 Å². The zero-order valence-electron chi connectivity index (χ0n) is 2.90. The lowest BCUT2D eigenvalue weighted by atomic mass is 10.7. The molecule has 0 aromatic carbocycles. The molecular weight excluding hydrogens is 181 g/mol. The molecule has 0 aliphatic heterocycles. The average Bonchev–Trinajstić information content (AvgIpc) is 1.38. The highest BCUT2D eigenvalue weighted by Gasteiger charge is 1.80. The van der Waals surface area contributed by atoms with Crippen LogP contribution in [0, 0.1) is 0 Å². The second-order valence-corrected chi connectivity index (χ2v) is 1.41. The summed E-state index contributed by atoms with van der Waals surface area (Å²) in [5, 5.41) is 8.24. The molecule has 0 radical (unpaired) electrons. The molecule has 0 heterocycles. The Morgan fingerprint density at radius 2 is 2.20 bits per heavy atom. The Labute approximate surface area is 45.1 Å². The molecule has 5 heavy (non-hydrogen) atoms. The molecule has 0 fully saturated rings. The molecule has 2 nitrogen and oxygen atoms in total. The maximum absolute atomic E-state index is 8.24. The summed E-state index contributed by atoms with van der Waals surface area (Å²) in [6.45, 7) is 1.66. The highest BCUT2D eigenvalue weighted by Crippen LogP contribution is 1.73. The quantitative estimate of drug-likeness (QED) is 0.350. The number of aliphatic hydroxyl groups excluding tert-OH is 1. The molecule has 0 aromatic rings. The van der Waals surface area contributed by atoms with Crippen LogP contribution >= 0.6 is 22.9 Å². The molecule has 0 bridgehead atoms. The molecule has 0 aromatic heterocycles. The van der Waals surface area contributed by atoms with Gasteiger partial charge >= 0.3 is 0 Å². The Morgan fingerprint density at radius 1 is 2.00 bits per heavy atom. The van der Waals surface area contributed by atoms with Crippen molar-refractivity contribution in [2.24, 2.45) is 0 Å². The smallest absolute Gasteiger partial charge is 0.110 e. The fraction of sp³-hybridized carbons (Fsp3) is 1.00. The fourth-order valence-electron chi connectivity index (χ4n) is 0. The van der Waals surface area contributed by atoms with Crippen LogP contribution in [-0.4, -0.2) is 11.3 Å². The van der Waals surface area contributed by atoms with Crippen LogP contribution in [0.3, 0.4) is 0 Å². The first-order valence-corrected chi connectivity index (χ1v) is 2.39. The average molecular weight is 187 g/mol. The van der Waals surface area contributed by atoms with E-state index in [0.29, 0.717) is 0 Å². The van der Waals surface area contributed by atoms with Gasteiger partial charge in [0, 0.05) is 22.9 Å². The topological polar surface area (TPSA) is 32.3 Å². The van der Waals surface area contributed by atoms with Crippen LogP contribution in [0.25, 0.3) is 0 Å². The molecule has 0 aliphatic carbocycles. The number of halogens is 1. The summed E-state index contributed by atoms with van der Waals surface area (Å²) in [5.74, 6) is 0. The minimum Gasteiger partial charge on any atom is -0.378 e. The number of rotatable bonds is 1.